The molecule has 0 heterocycles. The van der Waals surface area contributed by atoms with Gasteiger partial charge < -0.3 is 5.11 Å². The lowest BCUT2D eigenvalue weighted by molar-refractivity contribution is 0.250. The molecule has 0 radical (unpaired) electrons. The number of hydrogen-bond acceptors (Lipinski definition) is 3. The molecule has 0 spiro atoms. The van der Waals surface area contributed by atoms with Gasteiger partial charge in [0.15, 0.2) is 0 Å². The van der Waals surface area contributed by atoms with E-state index in [9.17, 15) is 8.42 Å². The van der Waals surface area contributed by atoms with Gasteiger partial charge in [0, 0.05) is 12.6 Å². The van der Waals surface area contributed by atoms with Crippen LogP contribution in [0.25, 0.3) is 0 Å². The Morgan fingerprint density at radius 3 is 2.35 bits per heavy atom. The molecule has 1 aromatic carbocycles. The zero-order valence-electron chi connectivity index (χ0n) is 12.3. The molecule has 1 fully saturated rings. The highest BCUT2D eigenvalue weighted by Gasteiger charge is 2.39. The number of hydrogen-bond donors (Lipinski definition) is 1. The van der Waals surface area contributed by atoms with E-state index in [1.807, 2.05) is 32.9 Å². The Morgan fingerprint density at radius 2 is 1.85 bits per heavy atom. The quantitative estimate of drug-likeness (QED) is 0.906. The SMILES string of the molecule is CC(C)(C)c1ccccc1S(=O)(=O)N(CCO)C1CC1. The predicted octanol–water partition coefficient (Wildman–Crippen LogP) is 2.13. The van der Waals surface area contributed by atoms with Gasteiger partial charge in [-0.3, -0.25) is 0 Å². The molecule has 0 aliphatic heterocycles. The van der Waals surface area contributed by atoms with E-state index < -0.39 is 10.0 Å². The van der Waals surface area contributed by atoms with E-state index in [2.05, 4.69) is 0 Å². The Bertz CT molecular complexity index is 571. The summed E-state index contributed by atoms with van der Waals surface area (Å²) in [6.07, 6.45) is 1.77. The van der Waals surface area contributed by atoms with Crippen LogP contribution in [-0.4, -0.2) is 37.0 Å². The first-order chi connectivity index (χ1) is 9.28. The number of aliphatic hydroxyl groups excluding tert-OH is 1. The molecule has 5 heteroatoms. The molecule has 2 rings (SSSR count). The first-order valence-corrected chi connectivity index (χ1v) is 8.44. The van der Waals surface area contributed by atoms with Crippen LogP contribution in [-0.2, 0) is 15.4 Å². The lowest BCUT2D eigenvalue weighted by atomic mass is 9.87. The van der Waals surface area contributed by atoms with Crippen molar-refractivity contribution in [2.45, 2.75) is 50.0 Å². The highest BCUT2D eigenvalue weighted by atomic mass is 32.2. The molecule has 1 N–H and O–H groups in total. The smallest absolute Gasteiger partial charge is 0.243 e. The number of rotatable bonds is 5. The molecule has 1 aromatic rings. The van der Waals surface area contributed by atoms with E-state index in [1.54, 1.807) is 12.1 Å². The summed E-state index contributed by atoms with van der Waals surface area (Å²) in [7, 11) is -3.54. The summed E-state index contributed by atoms with van der Waals surface area (Å²) >= 11 is 0. The van der Waals surface area contributed by atoms with Gasteiger partial charge in [-0.25, -0.2) is 8.42 Å². The minimum absolute atomic E-state index is 0.0557. The third kappa shape index (κ3) is 3.05. The second-order valence-corrected chi connectivity index (χ2v) is 8.18. The summed E-state index contributed by atoms with van der Waals surface area (Å²) in [6.45, 7) is 6.05. The van der Waals surface area contributed by atoms with Gasteiger partial charge in [0.1, 0.15) is 0 Å². The van der Waals surface area contributed by atoms with Crippen molar-refractivity contribution in [3.05, 3.63) is 29.8 Å². The van der Waals surface area contributed by atoms with E-state index in [1.165, 1.54) is 4.31 Å². The number of benzene rings is 1. The Hall–Kier alpha value is -0.910. The summed E-state index contributed by atoms with van der Waals surface area (Å²) in [5, 5.41) is 9.15. The Kier molecular flexibility index (Phi) is 4.23. The van der Waals surface area contributed by atoms with Gasteiger partial charge in [-0.05, 0) is 29.9 Å². The first-order valence-electron chi connectivity index (χ1n) is 7.00. The average molecular weight is 297 g/mol. The third-order valence-corrected chi connectivity index (χ3v) is 5.57. The fourth-order valence-corrected chi connectivity index (χ4v) is 4.48. The average Bonchev–Trinajstić information content (AvgIpc) is 3.19. The maximum atomic E-state index is 12.9. The fraction of sp³-hybridized carbons (Fsp3) is 0.600. The van der Waals surface area contributed by atoms with Gasteiger partial charge in [-0.1, -0.05) is 39.0 Å². The van der Waals surface area contributed by atoms with Crippen LogP contribution >= 0.6 is 0 Å². The molecule has 0 atom stereocenters. The number of sulfonamides is 1. The highest BCUT2D eigenvalue weighted by molar-refractivity contribution is 7.89. The monoisotopic (exact) mass is 297 g/mol. The number of nitrogens with zero attached hydrogens (tertiary/aromatic N) is 1. The molecule has 0 saturated heterocycles. The maximum Gasteiger partial charge on any atom is 0.243 e. The second-order valence-electron chi connectivity index (χ2n) is 6.32. The summed E-state index contributed by atoms with van der Waals surface area (Å²) < 4.78 is 27.2. The zero-order chi connectivity index (χ0) is 15.0. The molecule has 20 heavy (non-hydrogen) atoms. The number of aliphatic hydroxyl groups is 1. The van der Waals surface area contributed by atoms with Crippen molar-refractivity contribution in [3.8, 4) is 0 Å². The van der Waals surface area contributed by atoms with Crippen LogP contribution in [0.15, 0.2) is 29.2 Å². The van der Waals surface area contributed by atoms with E-state index in [0.29, 0.717) is 4.90 Å². The maximum absolute atomic E-state index is 12.9. The van der Waals surface area contributed by atoms with E-state index in [4.69, 9.17) is 5.11 Å². The minimum Gasteiger partial charge on any atom is -0.395 e. The zero-order valence-corrected chi connectivity index (χ0v) is 13.2. The van der Waals surface area contributed by atoms with Crippen LogP contribution < -0.4 is 0 Å². The summed E-state index contributed by atoms with van der Waals surface area (Å²) in [6, 6.07) is 7.22. The van der Waals surface area contributed by atoms with Crippen molar-refractivity contribution >= 4 is 10.0 Å². The van der Waals surface area contributed by atoms with Crippen molar-refractivity contribution in [2.75, 3.05) is 13.2 Å². The lowest BCUT2D eigenvalue weighted by Gasteiger charge is -2.27. The first kappa shape index (κ1) is 15.5. The Morgan fingerprint density at radius 1 is 1.25 bits per heavy atom. The third-order valence-electron chi connectivity index (χ3n) is 3.56. The van der Waals surface area contributed by atoms with E-state index in [0.717, 1.165) is 18.4 Å². The van der Waals surface area contributed by atoms with Gasteiger partial charge in [-0.15, -0.1) is 0 Å². The molecule has 1 aliphatic carbocycles. The minimum atomic E-state index is -3.54. The highest BCUT2D eigenvalue weighted by Crippen LogP contribution is 2.35. The van der Waals surface area contributed by atoms with E-state index in [-0.39, 0.29) is 24.6 Å². The predicted molar refractivity (Wildman–Crippen MR) is 79.1 cm³/mol. The molecule has 1 saturated carbocycles. The molecular formula is C15H23NO3S. The topological polar surface area (TPSA) is 57.6 Å². The molecule has 0 unspecified atom stereocenters. The van der Waals surface area contributed by atoms with Crippen LogP contribution in [0, 0.1) is 0 Å². The molecule has 0 amide bonds. The fourth-order valence-electron chi connectivity index (χ4n) is 2.40. The van der Waals surface area contributed by atoms with Gasteiger partial charge in [0.05, 0.1) is 11.5 Å². The Labute approximate surface area is 121 Å². The standard InChI is InChI=1S/C15H23NO3S/c1-15(2,3)13-6-4-5-7-14(13)20(18,19)16(10-11-17)12-8-9-12/h4-7,12,17H,8-11H2,1-3H3. The van der Waals surface area contributed by atoms with Crippen molar-refractivity contribution < 1.29 is 13.5 Å². The molecule has 1 aliphatic rings. The van der Waals surface area contributed by atoms with Crippen molar-refractivity contribution in [2.24, 2.45) is 0 Å². The van der Waals surface area contributed by atoms with Crippen molar-refractivity contribution in [1.82, 2.24) is 4.31 Å². The summed E-state index contributed by atoms with van der Waals surface area (Å²) in [5.41, 5.74) is 0.585. The normalized spacial score (nSPS) is 16.6. The molecule has 112 valence electrons. The van der Waals surface area contributed by atoms with Crippen molar-refractivity contribution in [3.63, 3.8) is 0 Å². The lowest BCUT2D eigenvalue weighted by Crippen LogP contribution is -2.36. The van der Waals surface area contributed by atoms with Gasteiger partial charge >= 0.3 is 0 Å². The van der Waals surface area contributed by atoms with Crippen LogP contribution in [0.1, 0.15) is 39.2 Å². The Balaban J connectivity index is 2.48. The van der Waals surface area contributed by atoms with Crippen LogP contribution in [0.3, 0.4) is 0 Å². The van der Waals surface area contributed by atoms with Crippen molar-refractivity contribution in [1.29, 1.82) is 0 Å². The molecule has 0 aromatic heterocycles. The molecular weight excluding hydrogens is 274 g/mol. The van der Waals surface area contributed by atoms with Crippen LogP contribution in [0.2, 0.25) is 0 Å². The van der Waals surface area contributed by atoms with E-state index >= 15 is 0 Å². The van der Waals surface area contributed by atoms with Crippen LogP contribution in [0.5, 0.6) is 0 Å². The molecule has 4 nitrogen and oxygen atoms in total. The molecule has 0 bridgehead atoms. The second kappa shape index (κ2) is 5.47. The largest absolute Gasteiger partial charge is 0.395 e. The van der Waals surface area contributed by atoms with Gasteiger partial charge in [-0.2, -0.15) is 4.31 Å². The summed E-state index contributed by atoms with van der Waals surface area (Å²) in [5.74, 6) is 0. The van der Waals surface area contributed by atoms with Gasteiger partial charge in [0.2, 0.25) is 10.0 Å². The van der Waals surface area contributed by atoms with Gasteiger partial charge in [0.25, 0.3) is 0 Å². The summed E-state index contributed by atoms with van der Waals surface area (Å²) in [4.78, 5) is 0.368. The van der Waals surface area contributed by atoms with Crippen LogP contribution in [0.4, 0.5) is 0 Å².